The first-order valence-electron chi connectivity index (χ1n) is 6.11. The summed E-state index contributed by atoms with van der Waals surface area (Å²) < 4.78 is 0. The fraction of sp³-hybridized carbons (Fsp3) is 1.00. The average molecular weight is 232 g/mol. The summed E-state index contributed by atoms with van der Waals surface area (Å²) in [6, 6.07) is 0. The molecule has 0 aromatic rings. The maximum absolute atomic E-state index is 9.84. The first kappa shape index (κ1) is 13.4. The monoisotopic (exact) mass is 232 g/mol. The molecule has 0 aromatic carbocycles. The van der Waals surface area contributed by atoms with E-state index in [2.05, 4.69) is 27.7 Å². The first-order valence-corrected chi connectivity index (χ1v) is 7.35. The molecule has 1 aliphatic rings. The standard InChI is InChI=1S/C12H25O2P/c1-9(2)11-7-5-6-8-12(11,10(3)4)15(13)14/h9-11,13-14H,5-8H2,1-4H3. The number of hydrogen-bond donors (Lipinski definition) is 2. The third-order valence-electron chi connectivity index (χ3n) is 4.16. The summed E-state index contributed by atoms with van der Waals surface area (Å²) in [6.07, 6.45) is 4.56. The Hall–Kier alpha value is 0.350. The van der Waals surface area contributed by atoms with Crippen molar-refractivity contribution in [2.24, 2.45) is 17.8 Å². The molecule has 1 fully saturated rings. The van der Waals surface area contributed by atoms with Gasteiger partial charge in [0.15, 0.2) is 8.38 Å². The smallest absolute Gasteiger partial charge is 0.172 e. The molecule has 2 unspecified atom stereocenters. The quantitative estimate of drug-likeness (QED) is 0.731. The van der Waals surface area contributed by atoms with Crippen LogP contribution in [0.3, 0.4) is 0 Å². The van der Waals surface area contributed by atoms with Crippen LogP contribution < -0.4 is 0 Å². The molecular weight excluding hydrogens is 207 g/mol. The largest absolute Gasteiger partial charge is 0.350 e. The molecule has 0 aliphatic heterocycles. The highest BCUT2D eigenvalue weighted by Crippen LogP contribution is 2.59. The molecule has 0 amide bonds. The highest BCUT2D eigenvalue weighted by atomic mass is 31.2. The molecule has 90 valence electrons. The minimum Gasteiger partial charge on any atom is -0.350 e. The van der Waals surface area contributed by atoms with Crippen LogP contribution in [0.4, 0.5) is 0 Å². The molecule has 0 bridgehead atoms. The van der Waals surface area contributed by atoms with E-state index in [1.54, 1.807) is 0 Å². The Morgan fingerprint density at radius 2 is 1.73 bits per heavy atom. The van der Waals surface area contributed by atoms with Crippen LogP contribution in [0.2, 0.25) is 0 Å². The summed E-state index contributed by atoms with van der Waals surface area (Å²) in [5.41, 5.74) is 0. The zero-order chi connectivity index (χ0) is 11.6. The summed E-state index contributed by atoms with van der Waals surface area (Å²) in [4.78, 5) is 19.7. The molecule has 0 aromatic heterocycles. The van der Waals surface area contributed by atoms with Crippen LogP contribution in [0.1, 0.15) is 53.4 Å². The molecule has 1 rings (SSSR count). The van der Waals surface area contributed by atoms with Crippen LogP contribution in [0.25, 0.3) is 0 Å². The van der Waals surface area contributed by atoms with Gasteiger partial charge in [0.1, 0.15) is 0 Å². The van der Waals surface area contributed by atoms with Gasteiger partial charge in [0, 0.05) is 5.16 Å². The maximum atomic E-state index is 9.84. The summed E-state index contributed by atoms with van der Waals surface area (Å²) >= 11 is 0. The molecule has 3 heteroatoms. The van der Waals surface area contributed by atoms with E-state index in [9.17, 15) is 9.79 Å². The van der Waals surface area contributed by atoms with Gasteiger partial charge in [-0.3, -0.25) is 0 Å². The summed E-state index contributed by atoms with van der Waals surface area (Å²) in [6.45, 7) is 8.71. The van der Waals surface area contributed by atoms with E-state index in [1.807, 2.05) is 0 Å². The normalized spacial score (nSPS) is 33.0. The number of hydrogen-bond acceptors (Lipinski definition) is 2. The van der Waals surface area contributed by atoms with E-state index in [1.165, 1.54) is 6.42 Å². The summed E-state index contributed by atoms with van der Waals surface area (Å²) in [5, 5.41) is -0.207. The van der Waals surface area contributed by atoms with Gasteiger partial charge >= 0.3 is 0 Å². The molecule has 2 nitrogen and oxygen atoms in total. The van der Waals surface area contributed by atoms with Gasteiger partial charge in [0.2, 0.25) is 0 Å². The average Bonchev–Trinajstić information content (AvgIpc) is 2.16. The van der Waals surface area contributed by atoms with Crippen LogP contribution in [-0.2, 0) is 0 Å². The third-order valence-corrected chi connectivity index (χ3v) is 5.98. The highest BCUT2D eigenvalue weighted by Gasteiger charge is 2.49. The third kappa shape index (κ3) is 2.38. The van der Waals surface area contributed by atoms with E-state index in [4.69, 9.17) is 0 Å². The van der Waals surface area contributed by atoms with Crippen molar-refractivity contribution in [1.29, 1.82) is 0 Å². The van der Waals surface area contributed by atoms with E-state index >= 15 is 0 Å². The zero-order valence-electron chi connectivity index (χ0n) is 10.4. The molecule has 0 spiro atoms. The zero-order valence-corrected chi connectivity index (χ0v) is 11.3. The Balaban J connectivity index is 2.99. The minimum absolute atomic E-state index is 0.207. The molecule has 0 radical (unpaired) electrons. The van der Waals surface area contributed by atoms with E-state index in [0.29, 0.717) is 17.8 Å². The first-order chi connectivity index (χ1) is 6.93. The van der Waals surface area contributed by atoms with Crippen molar-refractivity contribution >= 4 is 8.38 Å². The molecule has 1 saturated carbocycles. The molecule has 15 heavy (non-hydrogen) atoms. The molecule has 2 atom stereocenters. The lowest BCUT2D eigenvalue weighted by Crippen LogP contribution is -2.45. The van der Waals surface area contributed by atoms with Gasteiger partial charge in [-0.2, -0.15) is 0 Å². The number of rotatable bonds is 3. The SMILES string of the molecule is CC(C)C1CCCCC1(C(C)C)P(O)O. The van der Waals surface area contributed by atoms with E-state index in [-0.39, 0.29) is 5.16 Å². The summed E-state index contributed by atoms with van der Waals surface area (Å²) in [5.74, 6) is 1.40. The van der Waals surface area contributed by atoms with Crippen LogP contribution in [0.5, 0.6) is 0 Å². The Morgan fingerprint density at radius 3 is 2.07 bits per heavy atom. The van der Waals surface area contributed by atoms with Crippen LogP contribution in [0, 0.1) is 17.8 Å². The lowest BCUT2D eigenvalue weighted by molar-refractivity contribution is 0.144. The van der Waals surface area contributed by atoms with Crippen molar-refractivity contribution in [3.05, 3.63) is 0 Å². The van der Waals surface area contributed by atoms with Crippen molar-refractivity contribution in [2.45, 2.75) is 58.5 Å². The van der Waals surface area contributed by atoms with Gasteiger partial charge in [-0.1, -0.05) is 40.5 Å². The Bertz CT molecular complexity index is 194. The lowest BCUT2D eigenvalue weighted by Gasteiger charge is -2.49. The fourth-order valence-electron chi connectivity index (χ4n) is 3.31. The topological polar surface area (TPSA) is 40.5 Å². The second-order valence-electron chi connectivity index (χ2n) is 5.53. The van der Waals surface area contributed by atoms with Crippen molar-refractivity contribution in [3.63, 3.8) is 0 Å². The van der Waals surface area contributed by atoms with Crippen LogP contribution in [0.15, 0.2) is 0 Å². The predicted molar refractivity (Wildman–Crippen MR) is 65.7 cm³/mol. The summed E-state index contributed by atoms with van der Waals surface area (Å²) in [7, 11) is -1.81. The van der Waals surface area contributed by atoms with Crippen molar-refractivity contribution < 1.29 is 9.79 Å². The van der Waals surface area contributed by atoms with E-state index < -0.39 is 8.38 Å². The second-order valence-corrected chi connectivity index (χ2v) is 6.94. The maximum Gasteiger partial charge on any atom is 0.172 e. The Labute approximate surface area is 95.0 Å². The molecule has 2 N–H and O–H groups in total. The van der Waals surface area contributed by atoms with Crippen molar-refractivity contribution in [2.75, 3.05) is 0 Å². The second kappa shape index (κ2) is 5.12. The van der Waals surface area contributed by atoms with Gasteiger partial charge in [0.05, 0.1) is 0 Å². The molecular formula is C12H25O2P. The van der Waals surface area contributed by atoms with Gasteiger partial charge in [-0.05, 0) is 30.6 Å². The van der Waals surface area contributed by atoms with Gasteiger partial charge in [0.25, 0.3) is 0 Å². The predicted octanol–water partition coefficient (Wildman–Crippen LogP) is 3.52. The van der Waals surface area contributed by atoms with Crippen molar-refractivity contribution in [3.8, 4) is 0 Å². The molecule has 0 heterocycles. The fourth-order valence-corrected chi connectivity index (χ4v) is 4.86. The van der Waals surface area contributed by atoms with E-state index in [0.717, 1.165) is 19.3 Å². The van der Waals surface area contributed by atoms with Crippen molar-refractivity contribution in [1.82, 2.24) is 0 Å². The Kier molecular flexibility index (Phi) is 4.58. The minimum atomic E-state index is -1.81. The van der Waals surface area contributed by atoms with Gasteiger partial charge in [-0.15, -0.1) is 0 Å². The Morgan fingerprint density at radius 1 is 1.13 bits per heavy atom. The highest BCUT2D eigenvalue weighted by molar-refractivity contribution is 7.47. The van der Waals surface area contributed by atoms with Crippen LogP contribution >= 0.6 is 8.38 Å². The van der Waals surface area contributed by atoms with Gasteiger partial charge in [-0.25, -0.2) is 0 Å². The van der Waals surface area contributed by atoms with Gasteiger partial charge < -0.3 is 9.79 Å². The van der Waals surface area contributed by atoms with Crippen LogP contribution in [-0.4, -0.2) is 14.9 Å². The lowest BCUT2D eigenvalue weighted by atomic mass is 9.68. The molecule has 0 saturated heterocycles. The molecule has 1 aliphatic carbocycles.